The molecule has 0 unspecified atom stereocenters. The number of allylic oxidation sites excluding steroid dienone is 2. The highest BCUT2D eigenvalue weighted by molar-refractivity contribution is 7.21. The third-order valence-corrected chi connectivity index (χ3v) is 7.97. The number of rotatable bonds is 4. The minimum absolute atomic E-state index is 0.156. The number of fused-ring (bicyclic) bond motifs is 2. The Morgan fingerprint density at radius 1 is 0.606 bits per heavy atom. The van der Waals surface area contributed by atoms with E-state index in [4.69, 9.17) is 9.47 Å². The first-order valence-electron chi connectivity index (χ1n) is 9.58. The fraction of sp³-hybridized carbons (Fsp3) is 0.217. The normalized spacial score (nSPS) is 18.9. The summed E-state index contributed by atoms with van der Waals surface area (Å²) in [7, 11) is 2.36. The topological polar surface area (TPSA) is 18.5 Å². The highest BCUT2D eigenvalue weighted by atomic mass is 32.1. The van der Waals surface area contributed by atoms with Crippen molar-refractivity contribution in [3.05, 3.63) is 58.3 Å². The van der Waals surface area contributed by atoms with Gasteiger partial charge in [-0.25, -0.2) is 0 Å². The minimum atomic E-state index is -5.66. The monoisotopic (exact) mass is 500 g/mol. The number of halogens is 6. The molecule has 2 nitrogen and oxygen atoms in total. The zero-order valence-electron chi connectivity index (χ0n) is 17.0. The van der Waals surface area contributed by atoms with Gasteiger partial charge in [-0.05, 0) is 24.3 Å². The molecule has 10 heteroatoms. The number of methoxy groups -OCH3 is 2. The molecule has 0 bridgehead atoms. The summed E-state index contributed by atoms with van der Waals surface area (Å²) in [5.74, 6) is -16.3. The zero-order valence-corrected chi connectivity index (χ0v) is 18.7. The molecule has 0 saturated heterocycles. The molecule has 33 heavy (non-hydrogen) atoms. The first-order valence-corrected chi connectivity index (χ1v) is 11.2. The lowest BCUT2D eigenvalue weighted by atomic mass is 10.0. The van der Waals surface area contributed by atoms with E-state index in [-0.39, 0.29) is 11.5 Å². The Morgan fingerprint density at radius 3 is 1.33 bits per heavy atom. The SMILES string of the molecule is COc1c(C2=C(c3sc4ccccc4c3OC)C(F)(F)C(F)(F)C2(F)F)sc2ccccc12. The van der Waals surface area contributed by atoms with E-state index in [1.807, 2.05) is 0 Å². The molecule has 172 valence electrons. The largest absolute Gasteiger partial charge is 0.495 e. The summed E-state index contributed by atoms with van der Waals surface area (Å²) in [6, 6.07) is 12.7. The van der Waals surface area contributed by atoms with Crippen LogP contribution in [-0.2, 0) is 0 Å². The molecular weight excluding hydrogens is 486 g/mol. The molecule has 1 aliphatic carbocycles. The summed E-state index contributed by atoms with van der Waals surface area (Å²) in [6.45, 7) is 0. The number of hydrogen-bond donors (Lipinski definition) is 0. The summed E-state index contributed by atoms with van der Waals surface area (Å²) in [6.07, 6.45) is 0. The van der Waals surface area contributed by atoms with Gasteiger partial charge >= 0.3 is 17.8 Å². The van der Waals surface area contributed by atoms with Crippen LogP contribution >= 0.6 is 22.7 Å². The van der Waals surface area contributed by atoms with Crippen LogP contribution in [0.3, 0.4) is 0 Å². The van der Waals surface area contributed by atoms with Crippen molar-refractivity contribution in [1.29, 1.82) is 0 Å². The number of hydrogen-bond acceptors (Lipinski definition) is 4. The molecule has 0 spiro atoms. The molecule has 2 aromatic heterocycles. The van der Waals surface area contributed by atoms with Crippen LogP contribution in [-0.4, -0.2) is 32.0 Å². The van der Waals surface area contributed by atoms with E-state index >= 15 is 17.6 Å². The van der Waals surface area contributed by atoms with E-state index in [9.17, 15) is 8.78 Å². The van der Waals surface area contributed by atoms with E-state index < -0.39 is 38.7 Å². The molecule has 0 N–H and O–H groups in total. The van der Waals surface area contributed by atoms with Crippen LogP contribution < -0.4 is 9.47 Å². The molecule has 0 aliphatic heterocycles. The van der Waals surface area contributed by atoms with Gasteiger partial charge < -0.3 is 9.47 Å². The van der Waals surface area contributed by atoms with Crippen molar-refractivity contribution in [2.24, 2.45) is 0 Å². The van der Waals surface area contributed by atoms with Gasteiger partial charge in [-0.15, -0.1) is 22.7 Å². The zero-order chi connectivity index (χ0) is 23.8. The number of alkyl halides is 6. The molecular formula is C23H14F6O2S2. The standard InChI is InChI=1S/C23H14F6O2S2/c1-30-17-11-7-3-5-9-13(11)32-19(17)15-16(22(26,27)23(28,29)21(15,24)25)20-18(31-2)12-8-4-6-10-14(12)33-20/h3-10H,1-2H3. The lowest BCUT2D eigenvalue weighted by molar-refractivity contribution is -0.254. The minimum Gasteiger partial charge on any atom is -0.495 e. The maximum Gasteiger partial charge on any atom is 0.380 e. The van der Waals surface area contributed by atoms with Gasteiger partial charge in [-0.1, -0.05) is 24.3 Å². The number of benzene rings is 2. The van der Waals surface area contributed by atoms with E-state index in [0.717, 1.165) is 0 Å². The summed E-state index contributed by atoms with van der Waals surface area (Å²) < 4.78 is 102. The molecule has 2 aromatic carbocycles. The van der Waals surface area contributed by atoms with Crippen LogP contribution in [0.15, 0.2) is 48.5 Å². The summed E-state index contributed by atoms with van der Waals surface area (Å²) in [5, 5.41) is 0.731. The Labute approximate surface area is 191 Å². The average molecular weight is 500 g/mol. The summed E-state index contributed by atoms with van der Waals surface area (Å²) in [4.78, 5) is -0.926. The molecule has 4 aromatic rings. The van der Waals surface area contributed by atoms with Crippen LogP contribution in [0.1, 0.15) is 9.75 Å². The van der Waals surface area contributed by atoms with Crippen molar-refractivity contribution in [3.63, 3.8) is 0 Å². The Balaban J connectivity index is 1.96. The molecule has 1 aliphatic rings. The van der Waals surface area contributed by atoms with Crippen molar-refractivity contribution in [3.8, 4) is 11.5 Å². The maximum absolute atomic E-state index is 15.3. The molecule has 0 saturated carbocycles. The van der Waals surface area contributed by atoms with Crippen molar-refractivity contribution >= 4 is 54.0 Å². The fourth-order valence-electron chi connectivity index (χ4n) is 4.12. The first-order chi connectivity index (χ1) is 15.6. The molecule has 0 amide bonds. The van der Waals surface area contributed by atoms with E-state index in [1.54, 1.807) is 48.5 Å². The number of ether oxygens (including phenoxy) is 2. The van der Waals surface area contributed by atoms with Crippen molar-refractivity contribution < 1.29 is 35.8 Å². The van der Waals surface area contributed by atoms with E-state index in [0.29, 0.717) is 42.8 Å². The second-order valence-electron chi connectivity index (χ2n) is 7.39. The first kappa shape index (κ1) is 22.1. The van der Waals surface area contributed by atoms with Gasteiger partial charge in [0, 0.05) is 20.2 Å². The third-order valence-electron chi connectivity index (χ3n) is 5.63. The lowest BCUT2D eigenvalue weighted by Crippen LogP contribution is -2.48. The van der Waals surface area contributed by atoms with Gasteiger partial charge in [0.15, 0.2) is 0 Å². The second-order valence-corrected chi connectivity index (χ2v) is 9.50. The lowest BCUT2D eigenvalue weighted by Gasteiger charge is -2.25. The predicted octanol–water partition coefficient (Wildman–Crippen LogP) is 7.96. The van der Waals surface area contributed by atoms with Gasteiger partial charge in [0.25, 0.3) is 0 Å². The van der Waals surface area contributed by atoms with Crippen molar-refractivity contribution in [1.82, 2.24) is 0 Å². The van der Waals surface area contributed by atoms with Gasteiger partial charge in [0.1, 0.15) is 11.5 Å². The van der Waals surface area contributed by atoms with Gasteiger partial charge in [-0.2, -0.15) is 26.3 Å². The molecule has 5 rings (SSSR count). The van der Waals surface area contributed by atoms with Gasteiger partial charge in [-0.3, -0.25) is 0 Å². The predicted molar refractivity (Wildman–Crippen MR) is 118 cm³/mol. The Hall–Kier alpha value is -2.72. The molecule has 0 atom stereocenters. The summed E-state index contributed by atoms with van der Waals surface area (Å²) >= 11 is 1.41. The second kappa shape index (κ2) is 7.14. The van der Waals surface area contributed by atoms with Gasteiger partial charge in [0.2, 0.25) is 0 Å². The summed E-state index contributed by atoms with van der Waals surface area (Å²) in [5.41, 5.74) is -2.89. The molecule has 2 heterocycles. The third kappa shape index (κ3) is 2.73. The van der Waals surface area contributed by atoms with E-state index in [2.05, 4.69) is 0 Å². The highest BCUT2D eigenvalue weighted by Gasteiger charge is 2.81. The average Bonchev–Trinajstić information content (AvgIpc) is 3.36. The van der Waals surface area contributed by atoms with Crippen molar-refractivity contribution in [2.75, 3.05) is 14.2 Å². The fourth-order valence-corrected chi connectivity index (χ4v) is 6.63. The van der Waals surface area contributed by atoms with Crippen LogP contribution in [0.25, 0.3) is 31.3 Å². The van der Waals surface area contributed by atoms with Gasteiger partial charge in [0.05, 0.1) is 35.1 Å². The van der Waals surface area contributed by atoms with Crippen molar-refractivity contribution in [2.45, 2.75) is 17.8 Å². The smallest absolute Gasteiger partial charge is 0.380 e. The molecule has 0 fully saturated rings. The highest BCUT2D eigenvalue weighted by Crippen LogP contribution is 2.68. The van der Waals surface area contributed by atoms with E-state index in [1.165, 1.54) is 14.2 Å². The molecule has 0 radical (unpaired) electrons. The maximum atomic E-state index is 15.3. The Kier molecular flexibility index (Phi) is 4.78. The van der Waals surface area contributed by atoms with Crippen LogP contribution in [0, 0.1) is 0 Å². The van der Waals surface area contributed by atoms with Crippen LogP contribution in [0.4, 0.5) is 26.3 Å². The number of thiophene rings is 2. The van der Waals surface area contributed by atoms with Crippen LogP contribution in [0.5, 0.6) is 11.5 Å². The van der Waals surface area contributed by atoms with Crippen LogP contribution in [0.2, 0.25) is 0 Å². The Bertz CT molecular complexity index is 1330. The quantitative estimate of drug-likeness (QED) is 0.265. The Morgan fingerprint density at radius 2 is 0.970 bits per heavy atom.